The van der Waals surface area contributed by atoms with Gasteiger partial charge in [-0.05, 0) is 37.4 Å². The molecule has 0 spiro atoms. The van der Waals surface area contributed by atoms with Gasteiger partial charge in [0, 0.05) is 25.7 Å². The lowest BCUT2D eigenvalue weighted by Gasteiger charge is -2.19. The number of hydrogen-bond donors (Lipinski definition) is 1. The number of fused-ring (bicyclic) bond motifs is 1. The molecule has 0 radical (unpaired) electrons. The quantitative estimate of drug-likeness (QED) is 0.666. The van der Waals surface area contributed by atoms with E-state index >= 15 is 0 Å². The summed E-state index contributed by atoms with van der Waals surface area (Å²) in [5, 5.41) is 4.27. The minimum Gasteiger partial charge on any atom is -0.370 e. The fourth-order valence-electron chi connectivity index (χ4n) is 3.43. The molecule has 3 rings (SSSR count). The molecule has 5 heteroatoms. The Morgan fingerprint density at radius 1 is 1.30 bits per heavy atom. The topological polar surface area (TPSA) is 41.0 Å². The minimum absolute atomic E-state index is 0.873. The molecular weight excluding hydrogens is 268 g/mol. The van der Waals surface area contributed by atoms with Crippen LogP contribution in [0, 0.1) is 11.8 Å². The second-order valence-corrected chi connectivity index (χ2v) is 6.65. The van der Waals surface area contributed by atoms with Gasteiger partial charge in [-0.3, -0.25) is 0 Å². The van der Waals surface area contributed by atoms with E-state index < -0.39 is 0 Å². The molecule has 1 N–H and O–H groups in total. The summed E-state index contributed by atoms with van der Waals surface area (Å²) in [7, 11) is 0. The van der Waals surface area contributed by atoms with Crippen molar-refractivity contribution in [2.75, 3.05) is 36.1 Å². The smallest absolute Gasteiger partial charge is 0.191 e. The largest absolute Gasteiger partial charge is 0.370 e. The lowest BCUT2D eigenvalue weighted by molar-refractivity contribution is 0.494. The summed E-state index contributed by atoms with van der Waals surface area (Å²) in [5.74, 6) is 3.88. The van der Waals surface area contributed by atoms with Gasteiger partial charge in [-0.15, -0.1) is 0 Å². The molecule has 110 valence electrons. The zero-order valence-electron chi connectivity index (χ0n) is 12.4. The maximum Gasteiger partial charge on any atom is 0.191 e. The molecule has 2 unspecified atom stereocenters. The van der Waals surface area contributed by atoms with Gasteiger partial charge in [0.25, 0.3) is 0 Å². The van der Waals surface area contributed by atoms with Crippen LogP contribution in [0.4, 0.5) is 11.6 Å². The normalized spacial score (nSPS) is 25.0. The molecule has 20 heavy (non-hydrogen) atoms. The Balaban J connectivity index is 1.78. The van der Waals surface area contributed by atoms with Crippen LogP contribution in [0.15, 0.2) is 11.2 Å². The number of hydrogen-bond acceptors (Lipinski definition) is 5. The average molecular weight is 292 g/mol. The number of rotatable bonds is 5. The van der Waals surface area contributed by atoms with E-state index in [4.69, 9.17) is 4.98 Å². The Bertz CT molecular complexity index is 453. The molecule has 2 atom stereocenters. The molecule has 0 amide bonds. The van der Waals surface area contributed by atoms with Gasteiger partial charge in [0.1, 0.15) is 11.6 Å². The van der Waals surface area contributed by atoms with Gasteiger partial charge >= 0.3 is 0 Å². The molecule has 0 bridgehead atoms. The third-order valence-electron chi connectivity index (χ3n) is 4.48. The first kappa shape index (κ1) is 14.0. The monoisotopic (exact) mass is 292 g/mol. The van der Waals surface area contributed by atoms with Crippen molar-refractivity contribution in [3.63, 3.8) is 0 Å². The van der Waals surface area contributed by atoms with Crippen LogP contribution in [0.1, 0.15) is 32.6 Å². The maximum absolute atomic E-state index is 4.71. The van der Waals surface area contributed by atoms with E-state index in [-0.39, 0.29) is 0 Å². The Morgan fingerprint density at radius 3 is 2.70 bits per heavy atom. The van der Waals surface area contributed by atoms with E-state index in [0.29, 0.717) is 0 Å². The summed E-state index contributed by atoms with van der Waals surface area (Å²) in [5.41, 5.74) is 0. The minimum atomic E-state index is 0.873. The Morgan fingerprint density at radius 2 is 2.05 bits per heavy atom. The number of thioether (sulfide) groups is 1. The Kier molecular flexibility index (Phi) is 4.34. The van der Waals surface area contributed by atoms with Gasteiger partial charge in [-0.2, -0.15) is 0 Å². The van der Waals surface area contributed by atoms with Crippen molar-refractivity contribution in [2.45, 2.75) is 37.8 Å². The molecular formula is C15H24N4S. The van der Waals surface area contributed by atoms with E-state index in [1.807, 2.05) is 6.26 Å². The van der Waals surface area contributed by atoms with Crippen LogP contribution in [-0.4, -0.2) is 35.9 Å². The highest BCUT2D eigenvalue weighted by Gasteiger charge is 2.36. The predicted octanol–water partition coefficient (Wildman–Crippen LogP) is 3.26. The molecule has 2 heterocycles. The standard InChI is InChI=1S/C15H24N4S/c1-3-7-16-13-8-14(18-15(17-13)20-2)19-9-11-5-4-6-12(11)10-19/h8,11-12H,3-7,9-10H2,1-2H3,(H,16,17,18). The second kappa shape index (κ2) is 6.20. The molecule has 1 aromatic heterocycles. The summed E-state index contributed by atoms with van der Waals surface area (Å²) >= 11 is 1.62. The zero-order chi connectivity index (χ0) is 13.9. The van der Waals surface area contributed by atoms with E-state index in [0.717, 1.165) is 41.6 Å². The van der Waals surface area contributed by atoms with Crippen LogP contribution in [0.2, 0.25) is 0 Å². The molecule has 1 aliphatic heterocycles. The molecule has 1 aromatic rings. The first-order valence-electron chi connectivity index (χ1n) is 7.72. The van der Waals surface area contributed by atoms with Crippen molar-refractivity contribution in [2.24, 2.45) is 11.8 Å². The fourth-order valence-corrected chi connectivity index (χ4v) is 3.81. The lowest BCUT2D eigenvalue weighted by atomic mass is 10.0. The van der Waals surface area contributed by atoms with Crippen LogP contribution in [0.5, 0.6) is 0 Å². The molecule has 4 nitrogen and oxygen atoms in total. The van der Waals surface area contributed by atoms with Crippen LogP contribution in [0.3, 0.4) is 0 Å². The zero-order valence-corrected chi connectivity index (χ0v) is 13.2. The molecule has 1 saturated heterocycles. The number of aromatic nitrogens is 2. The summed E-state index contributed by atoms with van der Waals surface area (Å²) in [4.78, 5) is 11.7. The van der Waals surface area contributed by atoms with Gasteiger partial charge in [0.15, 0.2) is 5.16 Å². The molecule has 2 aliphatic rings. The van der Waals surface area contributed by atoms with Crippen LogP contribution in [0.25, 0.3) is 0 Å². The van der Waals surface area contributed by atoms with Crippen molar-refractivity contribution in [1.82, 2.24) is 9.97 Å². The van der Waals surface area contributed by atoms with Crippen molar-refractivity contribution < 1.29 is 0 Å². The van der Waals surface area contributed by atoms with E-state index in [1.54, 1.807) is 11.8 Å². The van der Waals surface area contributed by atoms with Crippen molar-refractivity contribution in [3.8, 4) is 0 Å². The molecule has 1 saturated carbocycles. The predicted molar refractivity (Wildman–Crippen MR) is 85.6 cm³/mol. The third kappa shape index (κ3) is 2.87. The Hall–Kier alpha value is -0.970. The van der Waals surface area contributed by atoms with Gasteiger partial charge in [-0.1, -0.05) is 25.1 Å². The number of nitrogens with zero attached hydrogens (tertiary/aromatic N) is 3. The SMILES string of the molecule is CCCNc1cc(N2CC3CCCC3C2)nc(SC)n1. The van der Waals surface area contributed by atoms with Gasteiger partial charge in [-0.25, -0.2) is 9.97 Å². The van der Waals surface area contributed by atoms with E-state index in [2.05, 4.69) is 28.2 Å². The lowest BCUT2D eigenvalue weighted by Crippen LogP contribution is -2.22. The number of nitrogens with one attached hydrogen (secondary N) is 1. The average Bonchev–Trinajstić information content (AvgIpc) is 3.05. The third-order valence-corrected chi connectivity index (χ3v) is 5.03. The van der Waals surface area contributed by atoms with E-state index in [9.17, 15) is 0 Å². The van der Waals surface area contributed by atoms with Crippen molar-refractivity contribution >= 4 is 23.4 Å². The van der Waals surface area contributed by atoms with Crippen molar-refractivity contribution in [1.29, 1.82) is 0 Å². The second-order valence-electron chi connectivity index (χ2n) is 5.88. The van der Waals surface area contributed by atoms with E-state index in [1.165, 1.54) is 32.4 Å². The van der Waals surface area contributed by atoms with Crippen LogP contribution in [-0.2, 0) is 0 Å². The summed E-state index contributed by atoms with van der Waals surface area (Å²) in [6.45, 7) is 5.51. The Labute approximate surface area is 125 Å². The number of anilines is 2. The summed E-state index contributed by atoms with van der Waals surface area (Å²) in [6.07, 6.45) is 7.39. The maximum atomic E-state index is 4.71. The van der Waals surface area contributed by atoms with Crippen LogP contribution < -0.4 is 10.2 Å². The molecule has 1 aliphatic carbocycles. The highest BCUT2D eigenvalue weighted by Crippen LogP contribution is 2.39. The summed E-state index contributed by atoms with van der Waals surface area (Å²) in [6, 6.07) is 2.12. The van der Waals surface area contributed by atoms with Crippen LogP contribution >= 0.6 is 11.8 Å². The van der Waals surface area contributed by atoms with Crippen molar-refractivity contribution in [3.05, 3.63) is 6.07 Å². The molecule has 0 aromatic carbocycles. The first-order chi connectivity index (χ1) is 9.80. The molecule has 2 fully saturated rings. The van der Waals surface area contributed by atoms with Gasteiger partial charge in [0.2, 0.25) is 0 Å². The van der Waals surface area contributed by atoms with Gasteiger partial charge in [0.05, 0.1) is 0 Å². The summed E-state index contributed by atoms with van der Waals surface area (Å²) < 4.78 is 0. The highest BCUT2D eigenvalue weighted by molar-refractivity contribution is 7.98. The highest BCUT2D eigenvalue weighted by atomic mass is 32.2. The fraction of sp³-hybridized carbons (Fsp3) is 0.733. The van der Waals surface area contributed by atoms with Gasteiger partial charge < -0.3 is 10.2 Å². The first-order valence-corrected chi connectivity index (χ1v) is 8.94.